The molecule has 2 aliphatic carbocycles. The lowest BCUT2D eigenvalue weighted by Crippen LogP contribution is -2.31. The van der Waals surface area contributed by atoms with Gasteiger partial charge >= 0.3 is 0 Å². The van der Waals surface area contributed by atoms with Gasteiger partial charge < -0.3 is 4.74 Å². The standard InChI is InChI=1S/C12H18O2/c13-11-8-4-5-9-12(11)14-10-6-2-1-3-7-10/h2,6,10,12H,1,3-5,7-9H2. The molecule has 0 spiro atoms. The summed E-state index contributed by atoms with van der Waals surface area (Å²) in [5.74, 6) is 0.315. The van der Waals surface area contributed by atoms with Crippen LogP contribution in [0.25, 0.3) is 0 Å². The largest absolute Gasteiger partial charge is 0.363 e. The molecule has 2 rings (SSSR count). The van der Waals surface area contributed by atoms with Gasteiger partial charge in [-0.3, -0.25) is 4.79 Å². The highest BCUT2D eigenvalue weighted by Crippen LogP contribution is 2.22. The second kappa shape index (κ2) is 4.74. The summed E-state index contributed by atoms with van der Waals surface area (Å²) in [6.45, 7) is 0. The minimum absolute atomic E-state index is 0.100. The summed E-state index contributed by atoms with van der Waals surface area (Å²) >= 11 is 0. The molecular formula is C12H18O2. The Labute approximate surface area is 85.3 Å². The summed E-state index contributed by atoms with van der Waals surface area (Å²) in [5, 5.41) is 0. The zero-order valence-electron chi connectivity index (χ0n) is 8.58. The van der Waals surface area contributed by atoms with E-state index in [2.05, 4.69) is 12.2 Å². The molecule has 2 atom stereocenters. The molecule has 0 aromatic carbocycles. The van der Waals surface area contributed by atoms with Gasteiger partial charge in [0.05, 0.1) is 6.10 Å². The van der Waals surface area contributed by atoms with Gasteiger partial charge in [-0.2, -0.15) is 0 Å². The predicted molar refractivity (Wildman–Crippen MR) is 55.1 cm³/mol. The number of ketones is 1. The van der Waals surface area contributed by atoms with Gasteiger partial charge in [-0.15, -0.1) is 0 Å². The quantitative estimate of drug-likeness (QED) is 0.632. The summed E-state index contributed by atoms with van der Waals surface area (Å²) in [6, 6.07) is 0. The molecule has 2 nitrogen and oxygen atoms in total. The second-order valence-electron chi connectivity index (χ2n) is 4.23. The van der Waals surface area contributed by atoms with Crippen LogP contribution in [-0.4, -0.2) is 18.0 Å². The normalized spacial score (nSPS) is 33.3. The SMILES string of the molecule is O=C1CCCCC1OC1C=CCCC1. The van der Waals surface area contributed by atoms with Crippen LogP contribution in [0, 0.1) is 0 Å². The Morgan fingerprint density at radius 1 is 1.21 bits per heavy atom. The Bertz CT molecular complexity index is 232. The van der Waals surface area contributed by atoms with Crippen molar-refractivity contribution in [2.24, 2.45) is 0 Å². The summed E-state index contributed by atoms with van der Waals surface area (Å²) < 4.78 is 5.81. The van der Waals surface area contributed by atoms with E-state index in [4.69, 9.17) is 4.74 Å². The highest BCUT2D eigenvalue weighted by Gasteiger charge is 2.25. The van der Waals surface area contributed by atoms with Crippen molar-refractivity contribution in [3.05, 3.63) is 12.2 Å². The molecule has 0 radical (unpaired) electrons. The molecule has 0 amide bonds. The number of hydrogen-bond donors (Lipinski definition) is 0. The van der Waals surface area contributed by atoms with E-state index >= 15 is 0 Å². The van der Waals surface area contributed by atoms with Gasteiger partial charge in [-0.1, -0.05) is 12.2 Å². The molecule has 2 unspecified atom stereocenters. The molecule has 0 heterocycles. The third kappa shape index (κ3) is 2.44. The fourth-order valence-electron chi connectivity index (χ4n) is 2.20. The van der Waals surface area contributed by atoms with Crippen LogP contribution in [-0.2, 0) is 9.53 Å². The molecule has 0 saturated heterocycles. The minimum Gasteiger partial charge on any atom is -0.363 e. The Morgan fingerprint density at radius 2 is 2.14 bits per heavy atom. The third-order valence-corrected chi connectivity index (χ3v) is 3.05. The van der Waals surface area contributed by atoms with Crippen LogP contribution in [0.5, 0.6) is 0 Å². The second-order valence-corrected chi connectivity index (χ2v) is 4.23. The maximum atomic E-state index is 11.5. The van der Waals surface area contributed by atoms with Gasteiger partial charge in [0.25, 0.3) is 0 Å². The highest BCUT2D eigenvalue weighted by molar-refractivity contribution is 5.83. The lowest BCUT2D eigenvalue weighted by molar-refractivity contribution is -0.136. The molecule has 1 fully saturated rings. The van der Waals surface area contributed by atoms with Crippen LogP contribution >= 0.6 is 0 Å². The Morgan fingerprint density at radius 3 is 2.86 bits per heavy atom. The van der Waals surface area contributed by atoms with Crippen molar-refractivity contribution in [3.63, 3.8) is 0 Å². The molecule has 78 valence electrons. The molecule has 0 aliphatic heterocycles. The first-order valence-corrected chi connectivity index (χ1v) is 5.71. The molecule has 14 heavy (non-hydrogen) atoms. The maximum absolute atomic E-state index is 11.5. The third-order valence-electron chi connectivity index (χ3n) is 3.05. The first kappa shape index (κ1) is 9.91. The van der Waals surface area contributed by atoms with E-state index in [1.807, 2.05) is 0 Å². The summed E-state index contributed by atoms with van der Waals surface area (Å²) in [7, 11) is 0. The fraction of sp³-hybridized carbons (Fsp3) is 0.750. The number of carbonyl (C=O) groups is 1. The average Bonchev–Trinajstić information content (AvgIpc) is 2.23. The van der Waals surface area contributed by atoms with E-state index in [0.717, 1.165) is 32.1 Å². The Kier molecular flexibility index (Phi) is 3.35. The van der Waals surface area contributed by atoms with Crippen molar-refractivity contribution in [2.45, 2.75) is 57.2 Å². The van der Waals surface area contributed by atoms with Gasteiger partial charge in [0.2, 0.25) is 0 Å². The van der Waals surface area contributed by atoms with Crippen molar-refractivity contribution in [2.75, 3.05) is 0 Å². The highest BCUT2D eigenvalue weighted by atomic mass is 16.5. The number of ether oxygens (including phenoxy) is 1. The van der Waals surface area contributed by atoms with E-state index in [1.54, 1.807) is 0 Å². The van der Waals surface area contributed by atoms with Crippen LogP contribution < -0.4 is 0 Å². The van der Waals surface area contributed by atoms with Gasteiger partial charge in [0.15, 0.2) is 5.78 Å². The Balaban J connectivity index is 1.85. The molecule has 0 aromatic rings. The van der Waals surface area contributed by atoms with E-state index in [9.17, 15) is 4.79 Å². The van der Waals surface area contributed by atoms with Gasteiger partial charge in [0, 0.05) is 6.42 Å². The van der Waals surface area contributed by atoms with E-state index in [-0.39, 0.29) is 12.2 Å². The number of carbonyl (C=O) groups excluding carboxylic acids is 1. The van der Waals surface area contributed by atoms with Crippen LogP contribution in [0.2, 0.25) is 0 Å². The number of hydrogen-bond acceptors (Lipinski definition) is 2. The van der Waals surface area contributed by atoms with Crippen molar-refractivity contribution in [3.8, 4) is 0 Å². The first-order valence-electron chi connectivity index (χ1n) is 5.71. The van der Waals surface area contributed by atoms with Crippen molar-refractivity contribution in [1.29, 1.82) is 0 Å². The van der Waals surface area contributed by atoms with Crippen LogP contribution in [0.4, 0.5) is 0 Å². The summed E-state index contributed by atoms with van der Waals surface area (Å²) in [5.41, 5.74) is 0. The van der Waals surface area contributed by atoms with Crippen LogP contribution in [0.1, 0.15) is 44.9 Å². The van der Waals surface area contributed by atoms with Gasteiger partial charge in [-0.05, 0) is 38.5 Å². The molecule has 1 saturated carbocycles. The van der Waals surface area contributed by atoms with Crippen molar-refractivity contribution >= 4 is 5.78 Å². The lowest BCUT2D eigenvalue weighted by atomic mass is 9.95. The average molecular weight is 194 g/mol. The van der Waals surface area contributed by atoms with Gasteiger partial charge in [0.1, 0.15) is 6.10 Å². The zero-order valence-corrected chi connectivity index (χ0v) is 8.58. The van der Waals surface area contributed by atoms with Crippen LogP contribution in [0.3, 0.4) is 0 Å². The van der Waals surface area contributed by atoms with Crippen LogP contribution in [0.15, 0.2) is 12.2 Å². The molecule has 0 N–H and O–H groups in total. The topological polar surface area (TPSA) is 26.3 Å². The molecule has 0 bridgehead atoms. The molecular weight excluding hydrogens is 176 g/mol. The number of allylic oxidation sites excluding steroid dienone is 1. The predicted octanol–water partition coefficient (Wildman–Crippen LogP) is 2.62. The minimum atomic E-state index is -0.100. The molecule has 2 aliphatic rings. The lowest BCUT2D eigenvalue weighted by Gasteiger charge is -2.26. The van der Waals surface area contributed by atoms with Crippen molar-refractivity contribution in [1.82, 2.24) is 0 Å². The van der Waals surface area contributed by atoms with Gasteiger partial charge in [-0.25, -0.2) is 0 Å². The fourth-order valence-corrected chi connectivity index (χ4v) is 2.20. The molecule has 0 aromatic heterocycles. The number of Topliss-reactive ketones (excluding diaryl/α,β-unsaturated/α-hetero) is 1. The smallest absolute Gasteiger partial charge is 0.161 e. The zero-order chi connectivity index (χ0) is 9.80. The first-order chi connectivity index (χ1) is 6.86. The Hall–Kier alpha value is -0.630. The van der Waals surface area contributed by atoms with E-state index in [0.29, 0.717) is 5.78 Å². The summed E-state index contributed by atoms with van der Waals surface area (Å²) in [4.78, 5) is 11.5. The maximum Gasteiger partial charge on any atom is 0.161 e. The monoisotopic (exact) mass is 194 g/mol. The number of rotatable bonds is 2. The van der Waals surface area contributed by atoms with Crippen molar-refractivity contribution < 1.29 is 9.53 Å². The van der Waals surface area contributed by atoms with E-state index in [1.165, 1.54) is 12.8 Å². The summed E-state index contributed by atoms with van der Waals surface area (Å²) in [6.07, 6.45) is 11.7. The van der Waals surface area contributed by atoms with E-state index < -0.39 is 0 Å². The molecule has 2 heteroatoms.